The van der Waals surface area contributed by atoms with Crippen molar-refractivity contribution in [3.8, 4) is 11.8 Å². The molecule has 1 aliphatic heterocycles. The van der Waals surface area contributed by atoms with Gasteiger partial charge in [-0.25, -0.2) is 9.18 Å². The molecule has 1 aromatic carbocycles. The van der Waals surface area contributed by atoms with E-state index in [-0.39, 0.29) is 5.56 Å². The number of benzene rings is 1. The third-order valence-electron chi connectivity index (χ3n) is 3.97. The van der Waals surface area contributed by atoms with Gasteiger partial charge in [0.2, 0.25) is 0 Å². The number of amides is 1. The lowest BCUT2D eigenvalue weighted by molar-refractivity contribution is 0.121. The number of halogens is 1. The summed E-state index contributed by atoms with van der Waals surface area (Å²) in [6, 6.07) is 5.99. The molecule has 1 fully saturated rings. The Morgan fingerprint density at radius 2 is 2.18 bits per heavy atom. The minimum Gasteiger partial charge on any atom is -0.493 e. The molecular weight excluding hydrogens is 287 g/mol. The van der Waals surface area contributed by atoms with E-state index >= 15 is 0 Å². The molecule has 0 radical (unpaired) electrons. The van der Waals surface area contributed by atoms with Gasteiger partial charge in [0.1, 0.15) is 17.6 Å². The minimum atomic E-state index is -0.843. The molecule has 1 N–H and O–H groups in total. The van der Waals surface area contributed by atoms with E-state index in [1.54, 1.807) is 12.1 Å². The molecule has 0 spiro atoms. The predicted molar refractivity (Wildman–Crippen MR) is 78.2 cm³/mol. The third kappa shape index (κ3) is 4.35. The first-order valence-corrected chi connectivity index (χ1v) is 7.40. The van der Waals surface area contributed by atoms with Crippen LogP contribution in [0.5, 0.6) is 5.75 Å². The number of hydrogen-bond donors (Lipinski definition) is 1. The van der Waals surface area contributed by atoms with E-state index in [1.165, 1.54) is 17.0 Å². The molecule has 1 amide bonds. The Balaban J connectivity index is 1.67. The Kier molecular flexibility index (Phi) is 5.59. The quantitative estimate of drug-likeness (QED) is 0.847. The molecule has 0 atom stereocenters. The van der Waals surface area contributed by atoms with Gasteiger partial charge in [-0.3, -0.25) is 0 Å². The number of nitriles is 1. The molecule has 1 heterocycles. The van der Waals surface area contributed by atoms with Gasteiger partial charge in [-0.15, -0.1) is 0 Å². The summed E-state index contributed by atoms with van der Waals surface area (Å²) in [5, 5.41) is 17.5. The topological polar surface area (TPSA) is 73.6 Å². The summed E-state index contributed by atoms with van der Waals surface area (Å²) in [6.45, 7) is 1.69. The van der Waals surface area contributed by atoms with Gasteiger partial charge in [0.25, 0.3) is 0 Å². The fraction of sp³-hybridized carbons (Fsp3) is 0.500. The molecule has 22 heavy (non-hydrogen) atoms. The van der Waals surface area contributed by atoms with Crippen LogP contribution in [0.15, 0.2) is 18.2 Å². The average molecular weight is 306 g/mol. The zero-order chi connectivity index (χ0) is 15.9. The molecule has 0 bridgehead atoms. The van der Waals surface area contributed by atoms with Gasteiger partial charge in [0, 0.05) is 19.2 Å². The summed E-state index contributed by atoms with van der Waals surface area (Å²) in [4.78, 5) is 12.3. The van der Waals surface area contributed by atoms with Crippen LogP contribution in [0.1, 0.15) is 31.2 Å². The second-order valence-electron chi connectivity index (χ2n) is 5.46. The maximum absolute atomic E-state index is 13.4. The summed E-state index contributed by atoms with van der Waals surface area (Å²) in [6.07, 6.45) is 2.76. The van der Waals surface area contributed by atoms with Crippen LogP contribution >= 0.6 is 0 Å². The van der Waals surface area contributed by atoms with Crippen molar-refractivity contribution < 1.29 is 19.0 Å². The third-order valence-corrected chi connectivity index (χ3v) is 3.97. The Labute approximate surface area is 128 Å². The monoisotopic (exact) mass is 306 g/mol. The normalized spacial score (nSPS) is 15.4. The molecule has 0 unspecified atom stereocenters. The Morgan fingerprint density at radius 1 is 1.45 bits per heavy atom. The van der Waals surface area contributed by atoms with Gasteiger partial charge >= 0.3 is 6.09 Å². The lowest BCUT2D eigenvalue weighted by Gasteiger charge is -2.29. The SMILES string of the molecule is N#Cc1ccc(OCCCC2CCN(C(=O)O)CC2)cc1F. The van der Waals surface area contributed by atoms with Crippen LogP contribution in [-0.4, -0.2) is 35.8 Å². The number of likely N-dealkylation sites (tertiary alicyclic amines) is 1. The summed E-state index contributed by atoms with van der Waals surface area (Å²) in [5.74, 6) is 0.384. The Hall–Kier alpha value is -2.29. The van der Waals surface area contributed by atoms with Crippen molar-refractivity contribution in [3.05, 3.63) is 29.6 Å². The zero-order valence-electron chi connectivity index (χ0n) is 12.3. The van der Waals surface area contributed by atoms with Crippen molar-refractivity contribution in [3.63, 3.8) is 0 Å². The van der Waals surface area contributed by atoms with E-state index in [2.05, 4.69) is 0 Å². The highest BCUT2D eigenvalue weighted by molar-refractivity contribution is 5.64. The van der Waals surface area contributed by atoms with E-state index in [0.29, 0.717) is 31.4 Å². The molecule has 0 aliphatic carbocycles. The largest absolute Gasteiger partial charge is 0.493 e. The lowest BCUT2D eigenvalue weighted by Crippen LogP contribution is -2.37. The van der Waals surface area contributed by atoms with Gasteiger partial charge in [-0.05, 0) is 43.7 Å². The van der Waals surface area contributed by atoms with Gasteiger partial charge in [-0.1, -0.05) is 0 Å². The molecule has 1 aromatic rings. The van der Waals surface area contributed by atoms with Crippen molar-refractivity contribution in [1.29, 1.82) is 5.26 Å². The number of ether oxygens (including phenoxy) is 1. The van der Waals surface area contributed by atoms with Crippen molar-refractivity contribution >= 4 is 6.09 Å². The van der Waals surface area contributed by atoms with E-state index < -0.39 is 11.9 Å². The summed E-state index contributed by atoms with van der Waals surface area (Å²) < 4.78 is 18.9. The molecule has 1 saturated heterocycles. The van der Waals surface area contributed by atoms with Gasteiger partial charge < -0.3 is 14.7 Å². The first-order valence-electron chi connectivity index (χ1n) is 7.40. The van der Waals surface area contributed by atoms with Crippen LogP contribution in [0.2, 0.25) is 0 Å². The number of rotatable bonds is 5. The van der Waals surface area contributed by atoms with Crippen LogP contribution in [0, 0.1) is 23.1 Å². The highest BCUT2D eigenvalue weighted by Gasteiger charge is 2.21. The Bertz CT molecular complexity index is 563. The first kappa shape index (κ1) is 16.1. The number of nitrogens with zero attached hydrogens (tertiary/aromatic N) is 2. The summed E-state index contributed by atoms with van der Waals surface area (Å²) in [7, 11) is 0. The molecular formula is C16H19FN2O3. The zero-order valence-corrected chi connectivity index (χ0v) is 12.3. The average Bonchev–Trinajstić information content (AvgIpc) is 2.52. The fourth-order valence-corrected chi connectivity index (χ4v) is 2.65. The van der Waals surface area contributed by atoms with Crippen LogP contribution in [-0.2, 0) is 0 Å². The van der Waals surface area contributed by atoms with Crippen molar-refractivity contribution in [2.75, 3.05) is 19.7 Å². The minimum absolute atomic E-state index is 0.0116. The standard InChI is InChI=1S/C16H19FN2O3/c17-15-10-14(4-3-13(15)11-18)22-9-1-2-12-5-7-19(8-6-12)16(20)21/h3-4,10,12H,1-2,5-9H2,(H,20,21). The molecule has 0 aromatic heterocycles. The van der Waals surface area contributed by atoms with E-state index in [0.717, 1.165) is 25.7 Å². The number of hydrogen-bond acceptors (Lipinski definition) is 3. The van der Waals surface area contributed by atoms with Crippen molar-refractivity contribution in [1.82, 2.24) is 4.90 Å². The van der Waals surface area contributed by atoms with E-state index in [4.69, 9.17) is 15.1 Å². The Morgan fingerprint density at radius 3 is 2.77 bits per heavy atom. The van der Waals surface area contributed by atoms with Crippen LogP contribution in [0.3, 0.4) is 0 Å². The maximum atomic E-state index is 13.4. The molecule has 118 valence electrons. The number of carbonyl (C=O) groups is 1. The van der Waals surface area contributed by atoms with Gasteiger partial charge in [0.05, 0.1) is 12.2 Å². The van der Waals surface area contributed by atoms with E-state index in [1.807, 2.05) is 0 Å². The second-order valence-corrected chi connectivity index (χ2v) is 5.46. The first-order chi connectivity index (χ1) is 10.6. The van der Waals surface area contributed by atoms with Crippen LogP contribution < -0.4 is 4.74 Å². The van der Waals surface area contributed by atoms with Crippen LogP contribution in [0.4, 0.5) is 9.18 Å². The molecule has 1 aliphatic rings. The second kappa shape index (κ2) is 7.64. The van der Waals surface area contributed by atoms with Crippen molar-refractivity contribution in [2.45, 2.75) is 25.7 Å². The predicted octanol–water partition coefficient (Wildman–Crippen LogP) is 3.25. The van der Waals surface area contributed by atoms with E-state index in [9.17, 15) is 9.18 Å². The van der Waals surface area contributed by atoms with Gasteiger partial charge in [-0.2, -0.15) is 5.26 Å². The lowest BCUT2D eigenvalue weighted by atomic mass is 9.92. The smallest absolute Gasteiger partial charge is 0.407 e. The molecule has 0 saturated carbocycles. The maximum Gasteiger partial charge on any atom is 0.407 e. The van der Waals surface area contributed by atoms with Crippen LogP contribution in [0.25, 0.3) is 0 Å². The number of piperidine rings is 1. The summed E-state index contributed by atoms with van der Waals surface area (Å²) >= 11 is 0. The highest BCUT2D eigenvalue weighted by Crippen LogP contribution is 2.22. The fourth-order valence-electron chi connectivity index (χ4n) is 2.65. The molecule has 2 rings (SSSR count). The number of carboxylic acid groups (broad SMARTS) is 1. The molecule has 5 nitrogen and oxygen atoms in total. The summed E-state index contributed by atoms with van der Waals surface area (Å²) in [5.41, 5.74) is 0.0116. The highest BCUT2D eigenvalue weighted by atomic mass is 19.1. The van der Waals surface area contributed by atoms with Crippen molar-refractivity contribution in [2.24, 2.45) is 5.92 Å². The molecule has 6 heteroatoms. The van der Waals surface area contributed by atoms with Gasteiger partial charge in [0.15, 0.2) is 0 Å².